The second-order valence-corrected chi connectivity index (χ2v) is 7.23. The fourth-order valence-corrected chi connectivity index (χ4v) is 3.25. The first kappa shape index (κ1) is 19.6. The van der Waals surface area contributed by atoms with E-state index in [2.05, 4.69) is 72.6 Å². The molecule has 0 saturated carbocycles. The molecule has 2 atom stereocenters. The molecule has 0 saturated heterocycles. The van der Waals surface area contributed by atoms with E-state index in [0.29, 0.717) is 12.5 Å². The normalized spacial score (nSPS) is 14.0. The molecule has 0 unspecified atom stereocenters. The molecule has 0 aromatic heterocycles. The quantitative estimate of drug-likeness (QED) is 0.696. The molecule has 0 spiro atoms. The predicted octanol–water partition coefficient (Wildman–Crippen LogP) is 3.34. The van der Waals surface area contributed by atoms with Crippen LogP contribution in [0.3, 0.4) is 0 Å². The summed E-state index contributed by atoms with van der Waals surface area (Å²) >= 11 is 0. The minimum absolute atomic E-state index is 0.0489. The van der Waals surface area contributed by atoms with E-state index in [1.54, 1.807) is 0 Å². The third kappa shape index (κ3) is 6.99. The molecule has 0 aliphatic carbocycles. The van der Waals surface area contributed by atoms with E-state index in [4.69, 9.17) is 0 Å². The average Bonchev–Trinajstić information content (AvgIpc) is 2.60. The van der Waals surface area contributed by atoms with Gasteiger partial charge >= 0.3 is 0 Å². The number of aliphatic hydroxyl groups is 1. The second kappa shape index (κ2) is 10.3. The molecule has 3 heteroatoms. The smallest absolute Gasteiger partial charge is 0.0823 e. The van der Waals surface area contributed by atoms with Crippen molar-refractivity contribution in [1.29, 1.82) is 0 Å². The summed E-state index contributed by atoms with van der Waals surface area (Å²) in [7, 11) is 1.93. The summed E-state index contributed by atoms with van der Waals surface area (Å²) in [5.74, 6) is 0.568. The molecular weight excluding hydrogens is 308 g/mol. The van der Waals surface area contributed by atoms with Crippen molar-refractivity contribution in [3.8, 4) is 0 Å². The maximum Gasteiger partial charge on any atom is 0.0823 e. The Labute approximate surface area is 152 Å². The van der Waals surface area contributed by atoms with Gasteiger partial charge in [-0.3, -0.25) is 4.90 Å². The molecular formula is C22H32N2O. The van der Waals surface area contributed by atoms with Crippen LogP contribution in [0.25, 0.3) is 0 Å². The molecule has 2 rings (SSSR count). The number of hydrogen-bond acceptors (Lipinski definition) is 3. The van der Waals surface area contributed by atoms with Crippen LogP contribution in [0.4, 0.5) is 0 Å². The van der Waals surface area contributed by atoms with Crippen LogP contribution in [0.2, 0.25) is 0 Å². The lowest BCUT2D eigenvalue weighted by molar-refractivity contribution is 0.0732. The van der Waals surface area contributed by atoms with Gasteiger partial charge < -0.3 is 10.4 Å². The summed E-state index contributed by atoms with van der Waals surface area (Å²) in [4.78, 5) is 2.36. The van der Waals surface area contributed by atoms with Gasteiger partial charge in [-0.05, 0) is 30.5 Å². The van der Waals surface area contributed by atoms with Crippen LogP contribution < -0.4 is 5.32 Å². The molecule has 3 nitrogen and oxygen atoms in total. The molecule has 0 aliphatic heterocycles. The van der Waals surface area contributed by atoms with Gasteiger partial charge in [0.15, 0.2) is 0 Å². The standard InChI is InChI=1S/C22H32N2O/c1-18(2)15-24(16-20-12-8-5-9-13-20)17-22(25)21(23-3)14-19-10-6-4-7-11-19/h4-13,18,21-23,25H,14-17H2,1-3H3/t21-,22+/m0/s1. The van der Waals surface area contributed by atoms with Gasteiger partial charge in [-0.2, -0.15) is 0 Å². The number of nitrogens with zero attached hydrogens (tertiary/aromatic N) is 1. The van der Waals surface area contributed by atoms with Crippen molar-refractivity contribution in [2.45, 2.75) is 39.0 Å². The van der Waals surface area contributed by atoms with Crippen molar-refractivity contribution in [3.63, 3.8) is 0 Å². The van der Waals surface area contributed by atoms with Crippen LogP contribution in [0.1, 0.15) is 25.0 Å². The van der Waals surface area contributed by atoms with Crippen LogP contribution in [0.15, 0.2) is 60.7 Å². The molecule has 2 aromatic carbocycles. The Morgan fingerprint density at radius 2 is 1.44 bits per heavy atom. The number of rotatable bonds is 10. The molecule has 2 N–H and O–H groups in total. The molecule has 0 heterocycles. The minimum atomic E-state index is -0.410. The van der Waals surface area contributed by atoms with Gasteiger partial charge in [0.05, 0.1) is 6.10 Å². The van der Waals surface area contributed by atoms with Crippen LogP contribution in [0, 0.1) is 5.92 Å². The third-order valence-electron chi connectivity index (χ3n) is 4.45. The van der Waals surface area contributed by atoms with Crippen molar-refractivity contribution in [2.75, 3.05) is 20.1 Å². The lowest BCUT2D eigenvalue weighted by Gasteiger charge is -2.30. The van der Waals surface area contributed by atoms with E-state index in [9.17, 15) is 5.11 Å². The van der Waals surface area contributed by atoms with Gasteiger partial charge in [0.25, 0.3) is 0 Å². The first-order valence-electron chi connectivity index (χ1n) is 9.24. The van der Waals surface area contributed by atoms with E-state index in [1.165, 1.54) is 11.1 Å². The van der Waals surface area contributed by atoms with Crippen LogP contribution in [0.5, 0.6) is 0 Å². The van der Waals surface area contributed by atoms with Crippen molar-refractivity contribution >= 4 is 0 Å². The molecule has 0 amide bonds. The molecule has 0 radical (unpaired) electrons. The molecule has 0 bridgehead atoms. The van der Waals surface area contributed by atoms with Gasteiger partial charge in [0.2, 0.25) is 0 Å². The monoisotopic (exact) mass is 340 g/mol. The fraction of sp³-hybridized carbons (Fsp3) is 0.455. The number of benzene rings is 2. The van der Waals surface area contributed by atoms with Crippen molar-refractivity contribution in [1.82, 2.24) is 10.2 Å². The maximum atomic E-state index is 10.8. The van der Waals surface area contributed by atoms with Crippen LogP contribution in [-0.4, -0.2) is 42.3 Å². The zero-order valence-electron chi connectivity index (χ0n) is 15.7. The Morgan fingerprint density at radius 1 is 0.880 bits per heavy atom. The third-order valence-corrected chi connectivity index (χ3v) is 4.45. The largest absolute Gasteiger partial charge is 0.390 e. The Kier molecular flexibility index (Phi) is 8.13. The van der Waals surface area contributed by atoms with Gasteiger partial charge in [0.1, 0.15) is 0 Å². The van der Waals surface area contributed by atoms with E-state index >= 15 is 0 Å². The number of likely N-dealkylation sites (N-methyl/N-ethyl adjacent to an activating group) is 1. The fourth-order valence-electron chi connectivity index (χ4n) is 3.25. The van der Waals surface area contributed by atoms with Crippen molar-refractivity contribution in [3.05, 3.63) is 71.8 Å². The molecule has 0 aliphatic rings. The Morgan fingerprint density at radius 3 is 1.96 bits per heavy atom. The lowest BCUT2D eigenvalue weighted by atomic mass is 10.0. The lowest BCUT2D eigenvalue weighted by Crippen LogP contribution is -2.46. The zero-order valence-corrected chi connectivity index (χ0v) is 15.7. The predicted molar refractivity (Wildman–Crippen MR) is 106 cm³/mol. The van der Waals surface area contributed by atoms with E-state index in [0.717, 1.165) is 19.5 Å². The maximum absolute atomic E-state index is 10.8. The summed E-state index contributed by atoms with van der Waals surface area (Å²) in [5, 5.41) is 14.1. The summed E-state index contributed by atoms with van der Waals surface area (Å²) in [6.45, 7) is 6.98. The highest BCUT2D eigenvalue weighted by Gasteiger charge is 2.21. The highest BCUT2D eigenvalue weighted by Crippen LogP contribution is 2.12. The van der Waals surface area contributed by atoms with Gasteiger partial charge in [-0.1, -0.05) is 74.5 Å². The number of nitrogens with one attached hydrogen (secondary N) is 1. The van der Waals surface area contributed by atoms with Gasteiger partial charge in [0, 0.05) is 25.7 Å². The first-order valence-corrected chi connectivity index (χ1v) is 9.24. The highest BCUT2D eigenvalue weighted by molar-refractivity contribution is 5.17. The Hall–Kier alpha value is -1.68. The Balaban J connectivity index is 1.99. The van der Waals surface area contributed by atoms with E-state index in [1.807, 2.05) is 19.2 Å². The topological polar surface area (TPSA) is 35.5 Å². The SMILES string of the molecule is CN[C@@H](Cc1ccccc1)[C@H](O)CN(Cc1ccccc1)CC(C)C. The number of hydrogen-bond donors (Lipinski definition) is 2. The first-order chi connectivity index (χ1) is 12.1. The van der Waals surface area contributed by atoms with E-state index < -0.39 is 6.10 Å². The molecule has 0 fully saturated rings. The second-order valence-electron chi connectivity index (χ2n) is 7.23. The summed E-state index contributed by atoms with van der Waals surface area (Å²) in [5.41, 5.74) is 2.54. The van der Waals surface area contributed by atoms with Crippen LogP contribution in [-0.2, 0) is 13.0 Å². The molecule has 2 aromatic rings. The summed E-state index contributed by atoms with van der Waals surface area (Å²) < 4.78 is 0. The zero-order chi connectivity index (χ0) is 18.1. The number of aliphatic hydroxyl groups excluding tert-OH is 1. The molecule has 25 heavy (non-hydrogen) atoms. The average molecular weight is 341 g/mol. The van der Waals surface area contributed by atoms with E-state index in [-0.39, 0.29) is 6.04 Å². The Bertz CT molecular complexity index is 585. The van der Waals surface area contributed by atoms with Gasteiger partial charge in [-0.25, -0.2) is 0 Å². The minimum Gasteiger partial charge on any atom is -0.390 e. The van der Waals surface area contributed by atoms with Crippen LogP contribution >= 0.6 is 0 Å². The highest BCUT2D eigenvalue weighted by atomic mass is 16.3. The van der Waals surface area contributed by atoms with Crippen molar-refractivity contribution in [2.24, 2.45) is 5.92 Å². The summed E-state index contributed by atoms with van der Waals surface area (Å²) in [6.07, 6.45) is 0.423. The van der Waals surface area contributed by atoms with Crippen molar-refractivity contribution < 1.29 is 5.11 Å². The summed E-state index contributed by atoms with van der Waals surface area (Å²) in [6, 6.07) is 20.9. The molecule has 136 valence electrons. The van der Waals surface area contributed by atoms with Gasteiger partial charge in [-0.15, -0.1) is 0 Å².